The van der Waals surface area contributed by atoms with Crippen LogP contribution in [0, 0.1) is 0 Å². The summed E-state index contributed by atoms with van der Waals surface area (Å²) < 4.78 is 0. The first-order chi connectivity index (χ1) is 8.58. The van der Waals surface area contributed by atoms with Crippen LogP contribution in [0.2, 0.25) is 5.02 Å². The van der Waals surface area contributed by atoms with Gasteiger partial charge in [0, 0.05) is 22.3 Å². The van der Waals surface area contributed by atoms with Crippen molar-refractivity contribution in [2.45, 2.75) is 13.0 Å². The van der Waals surface area contributed by atoms with Gasteiger partial charge in [-0.1, -0.05) is 23.8 Å². The normalized spacial score (nSPS) is 12.1. The molecule has 0 saturated carbocycles. The van der Waals surface area contributed by atoms with Crippen molar-refractivity contribution in [3.8, 4) is 0 Å². The van der Waals surface area contributed by atoms with E-state index in [0.717, 1.165) is 11.3 Å². The largest absolute Gasteiger partial charge is 0.389 e. The number of benzene rings is 1. The van der Waals surface area contributed by atoms with E-state index in [9.17, 15) is 0 Å². The van der Waals surface area contributed by atoms with E-state index >= 15 is 0 Å². The van der Waals surface area contributed by atoms with Gasteiger partial charge in [0.05, 0.1) is 0 Å². The van der Waals surface area contributed by atoms with Crippen LogP contribution in [0.5, 0.6) is 0 Å². The third-order valence-electron chi connectivity index (χ3n) is 2.66. The molecule has 1 unspecified atom stereocenters. The predicted octanol–water partition coefficient (Wildman–Crippen LogP) is 4.21. The summed E-state index contributed by atoms with van der Waals surface area (Å²) in [5, 5.41) is 8.21. The smallest absolute Gasteiger partial charge is 0.106 e. The molecule has 1 aromatic heterocycles. The standard InChI is InChI=1S/C13H13ClN2S2/c1-8(9-4-5-18-7-9)16-12-3-2-10(14)6-11(12)13(15)17/h2-8,16H,1H3,(H2,15,17). The Balaban J connectivity index is 2.26. The van der Waals surface area contributed by atoms with Crippen LogP contribution < -0.4 is 11.1 Å². The van der Waals surface area contributed by atoms with Crippen molar-refractivity contribution in [3.63, 3.8) is 0 Å². The fourth-order valence-electron chi connectivity index (χ4n) is 1.68. The van der Waals surface area contributed by atoms with Crippen LogP contribution in [0.15, 0.2) is 35.0 Å². The van der Waals surface area contributed by atoms with Gasteiger partial charge in [0.2, 0.25) is 0 Å². The van der Waals surface area contributed by atoms with E-state index in [1.54, 1.807) is 17.4 Å². The summed E-state index contributed by atoms with van der Waals surface area (Å²) in [6.45, 7) is 2.10. The third-order valence-corrected chi connectivity index (χ3v) is 3.82. The number of thiophene rings is 1. The number of halogens is 1. The van der Waals surface area contributed by atoms with E-state index in [-0.39, 0.29) is 6.04 Å². The summed E-state index contributed by atoms with van der Waals surface area (Å²) in [4.78, 5) is 0.345. The Kier molecular flexibility index (Phi) is 4.22. The molecule has 2 aromatic rings. The Morgan fingerprint density at radius 2 is 2.22 bits per heavy atom. The molecule has 0 bridgehead atoms. The van der Waals surface area contributed by atoms with Crippen molar-refractivity contribution in [2.24, 2.45) is 5.73 Å². The first-order valence-electron chi connectivity index (χ1n) is 5.46. The molecule has 0 spiro atoms. The van der Waals surface area contributed by atoms with Crippen LogP contribution in [0.4, 0.5) is 5.69 Å². The second kappa shape index (κ2) is 5.69. The number of nitrogens with two attached hydrogens (primary N) is 1. The second-order valence-electron chi connectivity index (χ2n) is 3.98. The summed E-state index contributed by atoms with van der Waals surface area (Å²) in [5.74, 6) is 0. The number of hydrogen-bond acceptors (Lipinski definition) is 3. The Morgan fingerprint density at radius 1 is 1.44 bits per heavy atom. The number of nitrogens with one attached hydrogen (secondary N) is 1. The van der Waals surface area contributed by atoms with Gasteiger partial charge in [0.25, 0.3) is 0 Å². The van der Waals surface area contributed by atoms with E-state index in [4.69, 9.17) is 29.6 Å². The van der Waals surface area contributed by atoms with E-state index in [2.05, 4.69) is 29.1 Å². The summed E-state index contributed by atoms with van der Waals surface area (Å²) in [5.41, 5.74) is 8.64. The fraction of sp³-hybridized carbons (Fsp3) is 0.154. The molecule has 0 amide bonds. The van der Waals surface area contributed by atoms with Gasteiger partial charge in [0.1, 0.15) is 4.99 Å². The van der Waals surface area contributed by atoms with E-state index in [1.807, 2.05) is 12.1 Å². The molecular formula is C13H13ClN2S2. The van der Waals surface area contributed by atoms with E-state index < -0.39 is 0 Å². The van der Waals surface area contributed by atoms with Crippen molar-refractivity contribution >= 4 is 45.8 Å². The highest BCUT2D eigenvalue weighted by molar-refractivity contribution is 7.80. The van der Waals surface area contributed by atoms with Crippen molar-refractivity contribution in [1.29, 1.82) is 0 Å². The predicted molar refractivity (Wildman–Crippen MR) is 83.7 cm³/mol. The maximum atomic E-state index is 5.96. The fourth-order valence-corrected chi connectivity index (χ4v) is 2.78. The van der Waals surface area contributed by atoms with Crippen LogP contribution in [-0.4, -0.2) is 4.99 Å². The molecule has 0 saturated heterocycles. The van der Waals surface area contributed by atoms with Gasteiger partial charge in [-0.05, 0) is 47.5 Å². The Bertz CT molecular complexity index is 552. The van der Waals surface area contributed by atoms with Crippen molar-refractivity contribution in [1.82, 2.24) is 0 Å². The van der Waals surface area contributed by atoms with Gasteiger partial charge < -0.3 is 11.1 Å². The third kappa shape index (κ3) is 3.02. The first kappa shape index (κ1) is 13.3. The number of rotatable bonds is 4. The molecule has 2 rings (SSSR count). The monoisotopic (exact) mass is 296 g/mol. The molecule has 0 radical (unpaired) electrons. The molecule has 18 heavy (non-hydrogen) atoms. The highest BCUT2D eigenvalue weighted by Gasteiger charge is 2.10. The first-order valence-corrected chi connectivity index (χ1v) is 7.19. The van der Waals surface area contributed by atoms with Crippen molar-refractivity contribution in [3.05, 3.63) is 51.2 Å². The zero-order chi connectivity index (χ0) is 13.1. The average Bonchev–Trinajstić information content (AvgIpc) is 2.84. The Labute approximate surface area is 121 Å². The zero-order valence-electron chi connectivity index (χ0n) is 9.81. The van der Waals surface area contributed by atoms with Crippen LogP contribution >= 0.6 is 35.2 Å². The highest BCUT2D eigenvalue weighted by atomic mass is 35.5. The van der Waals surface area contributed by atoms with Crippen LogP contribution in [-0.2, 0) is 0 Å². The van der Waals surface area contributed by atoms with Gasteiger partial charge in [-0.3, -0.25) is 0 Å². The number of thiocarbonyl (C=S) groups is 1. The second-order valence-corrected chi connectivity index (χ2v) is 5.63. The quantitative estimate of drug-likeness (QED) is 0.830. The molecule has 0 aliphatic heterocycles. The van der Waals surface area contributed by atoms with Gasteiger partial charge in [-0.2, -0.15) is 11.3 Å². The van der Waals surface area contributed by atoms with Crippen LogP contribution in [0.25, 0.3) is 0 Å². The molecule has 1 aromatic carbocycles. The van der Waals surface area contributed by atoms with E-state index in [0.29, 0.717) is 10.0 Å². The summed E-state index contributed by atoms with van der Waals surface area (Å²) >= 11 is 12.7. The lowest BCUT2D eigenvalue weighted by atomic mass is 10.1. The summed E-state index contributed by atoms with van der Waals surface area (Å²) in [6, 6.07) is 7.81. The average molecular weight is 297 g/mol. The van der Waals surface area contributed by atoms with Gasteiger partial charge in [-0.25, -0.2) is 0 Å². The lowest BCUT2D eigenvalue weighted by Crippen LogP contribution is -2.14. The minimum absolute atomic E-state index is 0.200. The Morgan fingerprint density at radius 3 is 2.83 bits per heavy atom. The lowest BCUT2D eigenvalue weighted by molar-refractivity contribution is 0.890. The molecule has 1 heterocycles. The van der Waals surface area contributed by atoms with Gasteiger partial charge in [-0.15, -0.1) is 0 Å². The molecule has 5 heteroatoms. The molecule has 1 atom stereocenters. The van der Waals surface area contributed by atoms with Crippen molar-refractivity contribution < 1.29 is 0 Å². The summed E-state index contributed by atoms with van der Waals surface area (Å²) in [7, 11) is 0. The molecule has 0 fully saturated rings. The molecule has 0 aliphatic rings. The SMILES string of the molecule is CC(Nc1ccc(Cl)cc1C(N)=S)c1ccsc1. The van der Waals surface area contributed by atoms with Gasteiger partial charge in [0.15, 0.2) is 0 Å². The molecule has 94 valence electrons. The zero-order valence-corrected chi connectivity index (χ0v) is 12.2. The summed E-state index contributed by atoms with van der Waals surface area (Å²) in [6.07, 6.45) is 0. The molecular weight excluding hydrogens is 284 g/mol. The maximum Gasteiger partial charge on any atom is 0.106 e. The molecule has 3 N–H and O–H groups in total. The van der Waals surface area contributed by atoms with Crippen LogP contribution in [0.1, 0.15) is 24.1 Å². The Hall–Kier alpha value is -1.10. The van der Waals surface area contributed by atoms with Gasteiger partial charge >= 0.3 is 0 Å². The minimum Gasteiger partial charge on any atom is -0.389 e. The number of hydrogen-bond donors (Lipinski definition) is 2. The van der Waals surface area contributed by atoms with Crippen molar-refractivity contribution in [2.75, 3.05) is 5.32 Å². The maximum absolute atomic E-state index is 5.96. The van der Waals surface area contributed by atoms with Crippen LogP contribution in [0.3, 0.4) is 0 Å². The van der Waals surface area contributed by atoms with E-state index in [1.165, 1.54) is 5.56 Å². The minimum atomic E-state index is 0.200. The number of anilines is 1. The highest BCUT2D eigenvalue weighted by Crippen LogP contribution is 2.26. The molecule has 2 nitrogen and oxygen atoms in total. The lowest BCUT2D eigenvalue weighted by Gasteiger charge is -2.17. The molecule has 0 aliphatic carbocycles. The topological polar surface area (TPSA) is 38.0 Å².